The van der Waals surface area contributed by atoms with Gasteiger partial charge in [-0.15, -0.1) is 0 Å². The minimum absolute atomic E-state index is 0.0895. The van der Waals surface area contributed by atoms with Crippen molar-refractivity contribution >= 4 is 5.91 Å². The maximum atomic E-state index is 12.9. The molecule has 1 aliphatic rings. The average molecular weight is 314 g/mol. The molecule has 1 fully saturated rings. The van der Waals surface area contributed by atoms with Crippen LogP contribution in [-0.4, -0.2) is 39.9 Å². The number of halogens is 1. The summed E-state index contributed by atoms with van der Waals surface area (Å²) in [5, 5.41) is 3.01. The SMILES string of the molecule is CC(c1cnccn1)N1CCC(NC(=O)c2ccc(F)cc2)C1. The van der Waals surface area contributed by atoms with Gasteiger partial charge in [-0.25, -0.2) is 4.39 Å². The third-order valence-electron chi connectivity index (χ3n) is 4.22. The summed E-state index contributed by atoms with van der Waals surface area (Å²) in [5.41, 5.74) is 1.41. The number of aromatic nitrogens is 2. The largest absolute Gasteiger partial charge is 0.348 e. The first-order valence-corrected chi connectivity index (χ1v) is 7.70. The highest BCUT2D eigenvalue weighted by molar-refractivity contribution is 5.94. The Morgan fingerprint density at radius 1 is 1.35 bits per heavy atom. The molecule has 0 spiro atoms. The predicted molar refractivity (Wildman–Crippen MR) is 84.3 cm³/mol. The van der Waals surface area contributed by atoms with Crippen molar-refractivity contribution in [2.75, 3.05) is 13.1 Å². The first-order valence-electron chi connectivity index (χ1n) is 7.70. The van der Waals surface area contributed by atoms with Gasteiger partial charge in [0.2, 0.25) is 0 Å². The monoisotopic (exact) mass is 314 g/mol. The number of hydrogen-bond donors (Lipinski definition) is 1. The Bertz CT molecular complexity index is 662. The zero-order valence-corrected chi connectivity index (χ0v) is 12.9. The summed E-state index contributed by atoms with van der Waals surface area (Å²) in [7, 11) is 0. The summed E-state index contributed by atoms with van der Waals surface area (Å²) >= 11 is 0. The summed E-state index contributed by atoms with van der Waals surface area (Å²) < 4.78 is 12.9. The Labute approximate surface area is 134 Å². The fourth-order valence-electron chi connectivity index (χ4n) is 2.84. The number of rotatable bonds is 4. The summed E-state index contributed by atoms with van der Waals surface area (Å²) in [4.78, 5) is 22.9. The highest BCUT2D eigenvalue weighted by atomic mass is 19.1. The molecule has 3 rings (SSSR count). The average Bonchev–Trinajstić information content (AvgIpc) is 3.04. The molecule has 120 valence electrons. The molecule has 0 aliphatic carbocycles. The highest BCUT2D eigenvalue weighted by Gasteiger charge is 2.28. The van der Waals surface area contributed by atoms with Crippen LogP contribution in [0.4, 0.5) is 4.39 Å². The molecule has 5 nitrogen and oxygen atoms in total. The van der Waals surface area contributed by atoms with Crippen LogP contribution in [-0.2, 0) is 0 Å². The van der Waals surface area contributed by atoms with Crippen LogP contribution in [0.2, 0.25) is 0 Å². The van der Waals surface area contributed by atoms with Crippen LogP contribution in [0.1, 0.15) is 35.4 Å². The molecule has 1 N–H and O–H groups in total. The Hall–Kier alpha value is -2.34. The number of carbonyl (C=O) groups excluding carboxylic acids is 1. The van der Waals surface area contributed by atoms with E-state index in [1.54, 1.807) is 18.6 Å². The van der Waals surface area contributed by atoms with Crippen LogP contribution in [0.25, 0.3) is 0 Å². The quantitative estimate of drug-likeness (QED) is 0.940. The zero-order valence-electron chi connectivity index (χ0n) is 12.9. The third-order valence-corrected chi connectivity index (χ3v) is 4.22. The van der Waals surface area contributed by atoms with E-state index in [4.69, 9.17) is 0 Å². The lowest BCUT2D eigenvalue weighted by Gasteiger charge is -2.23. The molecule has 1 amide bonds. The Morgan fingerprint density at radius 3 is 2.83 bits per heavy atom. The van der Waals surface area contributed by atoms with Crippen molar-refractivity contribution in [1.82, 2.24) is 20.2 Å². The second-order valence-electron chi connectivity index (χ2n) is 5.77. The first-order chi connectivity index (χ1) is 11.1. The van der Waals surface area contributed by atoms with E-state index in [0.29, 0.717) is 5.56 Å². The topological polar surface area (TPSA) is 58.1 Å². The van der Waals surface area contributed by atoms with E-state index in [9.17, 15) is 9.18 Å². The Kier molecular flexibility index (Phi) is 4.62. The van der Waals surface area contributed by atoms with Gasteiger partial charge in [-0.05, 0) is 37.6 Å². The smallest absolute Gasteiger partial charge is 0.251 e. The van der Waals surface area contributed by atoms with Crippen molar-refractivity contribution in [3.05, 3.63) is 59.9 Å². The molecule has 23 heavy (non-hydrogen) atoms. The van der Waals surface area contributed by atoms with Crippen molar-refractivity contribution in [3.8, 4) is 0 Å². The second-order valence-corrected chi connectivity index (χ2v) is 5.77. The fourth-order valence-corrected chi connectivity index (χ4v) is 2.84. The fraction of sp³-hybridized carbons (Fsp3) is 0.353. The number of nitrogens with one attached hydrogen (secondary N) is 1. The third kappa shape index (κ3) is 3.71. The molecule has 2 atom stereocenters. The van der Waals surface area contributed by atoms with Crippen molar-refractivity contribution in [2.24, 2.45) is 0 Å². The maximum Gasteiger partial charge on any atom is 0.251 e. The number of carbonyl (C=O) groups is 1. The molecule has 6 heteroatoms. The molecule has 1 aliphatic heterocycles. The van der Waals surface area contributed by atoms with Gasteiger partial charge in [0.15, 0.2) is 0 Å². The van der Waals surface area contributed by atoms with Crippen molar-refractivity contribution in [1.29, 1.82) is 0 Å². The Morgan fingerprint density at radius 2 is 2.13 bits per heavy atom. The van der Waals surface area contributed by atoms with E-state index in [0.717, 1.165) is 25.2 Å². The molecule has 2 unspecified atom stereocenters. The second kappa shape index (κ2) is 6.83. The molecule has 0 radical (unpaired) electrons. The van der Waals surface area contributed by atoms with E-state index >= 15 is 0 Å². The molecule has 0 bridgehead atoms. The lowest BCUT2D eigenvalue weighted by molar-refractivity contribution is 0.0936. The first kappa shape index (κ1) is 15.6. The summed E-state index contributed by atoms with van der Waals surface area (Å²) in [5.74, 6) is -0.504. The van der Waals surface area contributed by atoms with Crippen LogP contribution in [0.3, 0.4) is 0 Å². The number of hydrogen-bond acceptors (Lipinski definition) is 4. The van der Waals surface area contributed by atoms with Gasteiger partial charge in [-0.1, -0.05) is 0 Å². The summed E-state index contributed by atoms with van der Waals surface area (Å²) in [6.07, 6.45) is 6.01. The van der Waals surface area contributed by atoms with Crippen LogP contribution in [0, 0.1) is 5.82 Å². The van der Waals surface area contributed by atoms with E-state index in [1.165, 1.54) is 24.3 Å². The van der Waals surface area contributed by atoms with Gasteiger partial charge in [-0.3, -0.25) is 19.7 Å². The summed E-state index contributed by atoms with van der Waals surface area (Å²) in [6.45, 7) is 3.75. The minimum atomic E-state index is -0.341. The molecule has 2 heterocycles. The minimum Gasteiger partial charge on any atom is -0.348 e. The maximum absolute atomic E-state index is 12.9. The van der Waals surface area contributed by atoms with Crippen LogP contribution < -0.4 is 5.32 Å². The number of amides is 1. The molecule has 1 aromatic heterocycles. The normalized spacial score (nSPS) is 19.5. The molecule has 2 aromatic rings. The van der Waals surface area contributed by atoms with Crippen molar-refractivity contribution in [3.63, 3.8) is 0 Å². The van der Waals surface area contributed by atoms with Crippen LogP contribution >= 0.6 is 0 Å². The number of benzene rings is 1. The van der Waals surface area contributed by atoms with Gasteiger partial charge < -0.3 is 5.32 Å². The number of nitrogens with zero attached hydrogens (tertiary/aromatic N) is 3. The molecule has 1 saturated heterocycles. The van der Waals surface area contributed by atoms with E-state index in [2.05, 4.69) is 27.1 Å². The van der Waals surface area contributed by atoms with Gasteiger partial charge in [-0.2, -0.15) is 0 Å². The highest BCUT2D eigenvalue weighted by Crippen LogP contribution is 2.22. The number of likely N-dealkylation sites (tertiary alicyclic amines) is 1. The van der Waals surface area contributed by atoms with E-state index in [-0.39, 0.29) is 23.8 Å². The summed E-state index contributed by atoms with van der Waals surface area (Å²) in [6, 6.07) is 5.85. The van der Waals surface area contributed by atoms with Gasteiger partial charge in [0.25, 0.3) is 5.91 Å². The van der Waals surface area contributed by atoms with Crippen LogP contribution in [0.15, 0.2) is 42.9 Å². The van der Waals surface area contributed by atoms with Crippen molar-refractivity contribution in [2.45, 2.75) is 25.4 Å². The van der Waals surface area contributed by atoms with Crippen LogP contribution in [0.5, 0.6) is 0 Å². The lowest BCUT2D eigenvalue weighted by atomic mass is 10.2. The molecular formula is C17H19FN4O. The van der Waals surface area contributed by atoms with Gasteiger partial charge in [0.05, 0.1) is 11.7 Å². The Balaban J connectivity index is 1.57. The van der Waals surface area contributed by atoms with Gasteiger partial charge in [0.1, 0.15) is 5.82 Å². The molecule has 0 saturated carbocycles. The standard InChI is InChI=1S/C17H19FN4O/c1-12(16-10-19-7-8-20-16)22-9-6-15(11-22)21-17(23)13-2-4-14(18)5-3-13/h2-5,7-8,10,12,15H,6,9,11H2,1H3,(H,21,23). The van der Waals surface area contributed by atoms with E-state index in [1.807, 2.05) is 0 Å². The lowest BCUT2D eigenvalue weighted by Crippen LogP contribution is -2.37. The van der Waals surface area contributed by atoms with Gasteiger partial charge >= 0.3 is 0 Å². The van der Waals surface area contributed by atoms with Gasteiger partial charge in [0, 0.05) is 43.3 Å². The zero-order chi connectivity index (χ0) is 16.2. The van der Waals surface area contributed by atoms with E-state index < -0.39 is 0 Å². The molecule has 1 aromatic carbocycles. The predicted octanol–water partition coefficient (Wildman–Crippen LogP) is 2.18. The molecular weight excluding hydrogens is 295 g/mol. The van der Waals surface area contributed by atoms with Crippen molar-refractivity contribution < 1.29 is 9.18 Å².